The largest absolute Gasteiger partial charge is 0.486 e. The zero-order chi connectivity index (χ0) is 13.3. The van der Waals surface area contributed by atoms with Crippen molar-refractivity contribution in [2.75, 3.05) is 7.11 Å². The van der Waals surface area contributed by atoms with Crippen LogP contribution in [0.1, 0.15) is 36.6 Å². The van der Waals surface area contributed by atoms with E-state index < -0.39 is 0 Å². The van der Waals surface area contributed by atoms with Crippen molar-refractivity contribution in [3.63, 3.8) is 0 Å². The van der Waals surface area contributed by atoms with Gasteiger partial charge in [-0.2, -0.15) is 0 Å². The van der Waals surface area contributed by atoms with Crippen molar-refractivity contribution < 1.29 is 4.74 Å². The number of benzene rings is 1. The topological polar surface area (TPSA) is 22.1 Å². The number of aromatic nitrogens is 1. The minimum atomic E-state index is 0.535. The lowest BCUT2D eigenvalue weighted by Gasteiger charge is -2.09. The van der Waals surface area contributed by atoms with Crippen LogP contribution in [-0.4, -0.2) is 12.1 Å². The lowest BCUT2D eigenvalue weighted by Crippen LogP contribution is -1.90. The van der Waals surface area contributed by atoms with Crippen LogP contribution in [0.15, 0.2) is 18.2 Å². The van der Waals surface area contributed by atoms with Gasteiger partial charge in [0.05, 0.1) is 12.8 Å². The van der Waals surface area contributed by atoms with Crippen molar-refractivity contribution in [3.8, 4) is 15.6 Å². The Labute approximate surface area is 113 Å². The molecule has 0 amide bonds. The molecule has 1 aromatic heterocycles. The molecule has 0 unspecified atom stereocenters. The lowest BCUT2D eigenvalue weighted by molar-refractivity contribution is 0.423. The fourth-order valence-corrected chi connectivity index (χ4v) is 2.88. The minimum Gasteiger partial charge on any atom is -0.486 e. The number of thiazole rings is 1. The first-order valence-corrected chi connectivity index (χ1v) is 6.97. The van der Waals surface area contributed by atoms with Crippen LogP contribution < -0.4 is 4.74 Å². The molecule has 0 saturated carbocycles. The van der Waals surface area contributed by atoms with Crippen LogP contribution in [0.3, 0.4) is 0 Å². The number of methoxy groups -OCH3 is 1. The van der Waals surface area contributed by atoms with E-state index in [1.54, 1.807) is 18.4 Å². The standard InChI is InChI=1S/C15H19NOS/c1-9(2)12-7-6-10(3)13(8-12)14-16-11(4)15(17-5)18-14/h6-9H,1-5H3. The molecule has 2 aromatic rings. The average Bonchev–Trinajstić information content (AvgIpc) is 2.70. The molecule has 0 radical (unpaired) electrons. The summed E-state index contributed by atoms with van der Waals surface area (Å²) in [6.07, 6.45) is 0. The lowest BCUT2D eigenvalue weighted by atomic mass is 9.98. The Kier molecular flexibility index (Phi) is 3.71. The summed E-state index contributed by atoms with van der Waals surface area (Å²) in [5.41, 5.74) is 4.79. The van der Waals surface area contributed by atoms with Gasteiger partial charge in [-0.1, -0.05) is 37.3 Å². The molecule has 0 atom stereocenters. The van der Waals surface area contributed by atoms with E-state index in [0.717, 1.165) is 15.8 Å². The summed E-state index contributed by atoms with van der Waals surface area (Å²) in [5, 5.41) is 1.95. The van der Waals surface area contributed by atoms with Crippen LogP contribution in [0.2, 0.25) is 0 Å². The zero-order valence-corrected chi connectivity index (χ0v) is 12.4. The second-order valence-corrected chi connectivity index (χ2v) is 5.79. The molecular weight excluding hydrogens is 242 g/mol. The van der Waals surface area contributed by atoms with E-state index in [1.165, 1.54) is 16.7 Å². The molecule has 0 saturated heterocycles. The van der Waals surface area contributed by atoms with Gasteiger partial charge in [-0.05, 0) is 37.0 Å². The molecule has 2 nitrogen and oxygen atoms in total. The summed E-state index contributed by atoms with van der Waals surface area (Å²) >= 11 is 1.61. The Morgan fingerprint density at radius 2 is 1.94 bits per heavy atom. The molecule has 1 aromatic carbocycles. The summed E-state index contributed by atoms with van der Waals surface area (Å²) in [6, 6.07) is 6.62. The van der Waals surface area contributed by atoms with Gasteiger partial charge >= 0.3 is 0 Å². The number of rotatable bonds is 3. The molecule has 0 aliphatic carbocycles. The predicted molar refractivity (Wildman–Crippen MR) is 77.7 cm³/mol. The number of hydrogen-bond acceptors (Lipinski definition) is 3. The quantitative estimate of drug-likeness (QED) is 0.808. The van der Waals surface area contributed by atoms with E-state index in [2.05, 4.69) is 44.0 Å². The zero-order valence-electron chi connectivity index (χ0n) is 11.6. The summed E-state index contributed by atoms with van der Waals surface area (Å²) in [6.45, 7) is 8.54. The molecule has 0 bridgehead atoms. The molecule has 0 fully saturated rings. The van der Waals surface area contributed by atoms with Crippen LogP contribution in [0, 0.1) is 13.8 Å². The third kappa shape index (κ3) is 2.41. The van der Waals surface area contributed by atoms with Crippen molar-refractivity contribution in [1.29, 1.82) is 0 Å². The minimum absolute atomic E-state index is 0.535. The van der Waals surface area contributed by atoms with E-state index in [9.17, 15) is 0 Å². The number of aryl methyl sites for hydroxylation is 2. The first-order chi connectivity index (χ1) is 8.52. The van der Waals surface area contributed by atoms with Crippen molar-refractivity contribution in [1.82, 2.24) is 4.98 Å². The predicted octanol–water partition coefficient (Wildman–Crippen LogP) is 4.56. The number of hydrogen-bond donors (Lipinski definition) is 0. The Hall–Kier alpha value is -1.35. The van der Waals surface area contributed by atoms with Crippen LogP contribution in [0.25, 0.3) is 10.6 Å². The third-order valence-corrected chi connectivity index (χ3v) is 4.25. The summed E-state index contributed by atoms with van der Waals surface area (Å²) in [7, 11) is 1.70. The molecule has 18 heavy (non-hydrogen) atoms. The molecule has 0 aliphatic rings. The van der Waals surface area contributed by atoms with Crippen molar-refractivity contribution in [3.05, 3.63) is 35.0 Å². The van der Waals surface area contributed by atoms with Gasteiger partial charge < -0.3 is 4.74 Å². The fraction of sp³-hybridized carbons (Fsp3) is 0.400. The third-order valence-electron chi connectivity index (χ3n) is 3.10. The van der Waals surface area contributed by atoms with E-state index >= 15 is 0 Å². The molecule has 96 valence electrons. The van der Waals surface area contributed by atoms with Gasteiger partial charge in [0, 0.05) is 5.56 Å². The Morgan fingerprint density at radius 1 is 1.22 bits per heavy atom. The molecule has 3 heteroatoms. The second-order valence-electron chi connectivity index (χ2n) is 4.83. The first-order valence-electron chi connectivity index (χ1n) is 6.15. The fourth-order valence-electron chi connectivity index (χ4n) is 1.92. The number of ether oxygens (including phenoxy) is 1. The normalized spacial score (nSPS) is 11.0. The molecular formula is C15H19NOS. The van der Waals surface area contributed by atoms with Crippen molar-refractivity contribution >= 4 is 11.3 Å². The maximum absolute atomic E-state index is 5.32. The van der Waals surface area contributed by atoms with Gasteiger partial charge in [-0.25, -0.2) is 4.98 Å². The van der Waals surface area contributed by atoms with Gasteiger partial charge in [-0.3, -0.25) is 0 Å². The van der Waals surface area contributed by atoms with Crippen LogP contribution in [-0.2, 0) is 0 Å². The summed E-state index contributed by atoms with van der Waals surface area (Å²) in [5.74, 6) is 0.535. The molecule has 1 heterocycles. The van der Waals surface area contributed by atoms with Crippen LogP contribution >= 0.6 is 11.3 Å². The van der Waals surface area contributed by atoms with Gasteiger partial charge in [-0.15, -0.1) is 0 Å². The highest BCUT2D eigenvalue weighted by molar-refractivity contribution is 7.17. The van der Waals surface area contributed by atoms with Crippen LogP contribution in [0.5, 0.6) is 5.06 Å². The van der Waals surface area contributed by atoms with Gasteiger partial charge in [0.1, 0.15) is 5.01 Å². The van der Waals surface area contributed by atoms with E-state index in [4.69, 9.17) is 4.74 Å². The molecule has 0 aliphatic heterocycles. The smallest absolute Gasteiger partial charge is 0.197 e. The van der Waals surface area contributed by atoms with Gasteiger partial charge in [0.2, 0.25) is 0 Å². The summed E-state index contributed by atoms with van der Waals surface area (Å²) < 4.78 is 5.32. The summed E-state index contributed by atoms with van der Waals surface area (Å²) in [4.78, 5) is 4.61. The first kappa shape index (κ1) is 13.1. The van der Waals surface area contributed by atoms with Crippen molar-refractivity contribution in [2.24, 2.45) is 0 Å². The Bertz CT molecular complexity index is 558. The highest BCUT2D eigenvalue weighted by Gasteiger charge is 2.12. The van der Waals surface area contributed by atoms with E-state index in [-0.39, 0.29) is 0 Å². The Balaban J connectivity index is 2.51. The second kappa shape index (κ2) is 5.11. The average molecular weight is 261 g/mol. The number of nitrogens with zero attached hydrogens (tertiary/aromatic N) is 1. The van der Waals surface area contributed by atoms with E-state index in [1.807, 2.05) is 6.92 Å². The maximum Gasteiger partial charge on any atom is 0.197 e. The molecule has 0 spiro atoms. The Morgan fingerprint density at radius 3 is 2.50 bits per heavy atom. The van der Waals surface area contributed by atoms with Crippen molar-refractivity contribution in [2.45, 2.75) is 33.6 Å². The van der Waals surface area contributed by atoms with E-state index in [0.29, 0.717) is 5.92 Å². The van der Waals surface area contributed by atoms with Crippen LogP contribution in [0.4, 0.5) is 0 Å². The SMILES string of the molecule is COc1sc(-c2cc(C(C)C)ccc2C)nc1C. The highest BCUT2D eigenvalue weighted by Crippen LogP contribution is 2.35. The highest BCUT2D eigenvalue weighted by atomic mass is 32.1. The van der Waals surface area contributed by atoms with Gasteiger partial charge in [0.25, 0.3) is 0 Å². The maximum atomic E-state index is 5.32. The molecule has 2 rings (SSSR count). The monoisotopic (exact) mass is 261 g/mol. The molecule has 0 N–H and O–H groups in total. The van der Waals surface area contributed by atoms with Gasteiger partial charge in [0.15, 0.2) is 5.06 Å².